The largest absolute Gasteiger partial charge is 0.744 e. The summed E-state index contributed by atoms with van der Waals surface area (Å²) in [6, 6.07) is 23.6. The first-order chi connectivity index (χ1) is 15.7. The van der Waals surface area contributed by atoms with Crippen LogP contribution in [0.4, 0.5) is 5.69 Å². The maximum Gasteiger partial charge on any atom is 0.212 e. The van der Waals surface area contributed by atoms with E-state index in [-0.39, 0.29) is 10.7 Å². The third-order valence-corrected chi connectivity index (χ3v) is 6.22. The molecule has 7 heteroatoms. The number of nitrogens with one attached hydrogen (secondary N) is 1. The monoisotopic (exact) mass is 458 g/mol. The average Bonchev–Trinajstić information content (AvgIpc) is 3.11. The standard InChI is InChI=1S/C19H14N2O.C7H8O3S/c1-21-11-10-13(14-6-3-5-9-18(14)21)12-17-19(22)15-7-2-4-8-16(15)20-17;1-6-2-4-7(5-3-6)11(8,9)10/h2-12H,1H3;2-5H,1H3,(H,8,9,10). The lowest BCUT2D eigenvalue weighted by atomic mass is 10.1. The van der Waals surface area contributed by atoms with Crippen molar-refractivity contribution in [1.82, 2.24) is 0 Å². The second kappa shape index (κ2) is 8.97. The number of ketones is 1. The molecular formula is C26H22N2O4S. The molecular weight excluding hydrogens is 436 g/mol. The van der Waals surface area contributed by atoms with Gasteiger partial charge in [0.05, 0.1) is 16.0 Å². The van der Waals surface area contributed by atoms with Crippen molar-refractivity contribution in [2.75, 3.05) is 5.32 Å². The van der Waals surface area contributed by atoms with E-state index in [1.807, 2.05) is 68.7 Å². The second-order valence-corrected chi connectivity index (χ2v) is 9.10. The number of nitrogens with zero attached hydrogens (tertiary/aromatic N) is 1. The summed E-state index contributed by atoms with van der Waals surface area (Å²) in [6.07, 6.45) is 3.95. The summed E-state index contributed by atoms with van der Waals surface area (Å²) in [6.45, 7) is 1.82. The first-order valence-electron chi connectivity index (χ1n) is 10.3. The zero-order valence-electron chi connectivity index (χ0n) is 18.1. The molecule has 0 aliphatic carbocycles. The summed E-state index contributed by atoms with van der Waals surface area (Å²) in [7, 11) is -2.25. The molecule has 1 aliphatic rings. The van der Waals surface area contributed by atoms with Crippen LogP contribution < -0.4 is 9.88 Å². The third kappa shape index (κ3) is 4.84. The minimum Gasteiger partial charge on any atom is -0.744 e. The Balaban J connectivity index is 0.000000200. The summed E-state index contributed by atoms with van der Waals surface area (Å²) in [4.78, 5) is 12.3. The number of para-hydroxylation sites is 2. The van der Waals surface area contributed by atoms with Gasteiger partial charge < -0.3 is 9.87 Å². The molecule has 0 bridgehead atoms. The van der Waals surface area contributed by atoms with Gasteiger partial charge in [0.15, 0.2) is 6.20 Å². The van der Waals surface area contributed by atoms with Gasteiger partial charge in [0, 0.05) is 23.4 Å². The van der Waals surface area contributed by atoms with Crippen molar-refractivity contribution in [3.8, 4) is 0 Å². The average molecular weight is 459 g/mol. The van der Waals surface area contributed by atoms with Crippen LogP contribution in [0.2, 0.25) is 0 Å². The highest BCUT2D eigenvalue weighted by Gasteiger charge is 2.24. The lowest BCUT2D eigenvalue weighted by Gasteiger charge is -2.05. The number of hydrogen-bond acceptors (Lipinski definition) is 5. The number of allylic oxidation sites excluding steroid dienone is 1. The van der Waals surface area contributed by atoms with E-state index in [9.17, 15) is 17.8 Å². The number of hydrogen-bond donors (Lipinski definition) is 1. The Bertz CT molecular complexity index is 1490. The molecule has 5 rings (SSSR count). The highest BCUT2D eigenvalue weighted by Crippen LogP contribution is 2.29. The van der Waals surface area contributed by atoms with Gasteiger partial charge >= 0.3 is 0 Å². The third-order valence-electron chi connectivity index (χ3n) is 5.37. The minimum absolute atomic E-state index is 0.0490. The Morgan fingerprint density at radius 3 is 2.27 bits per heavy atom. The van der Waals surface area contributed by atoms with Crippen molar-refractivity contribution < 1.29 is 22.3 Å². The summed E-state index contributed by atoms with van der Waals surface area (Å²) in [5.74, 6) is 0.0490. The van der Waals surface area contributed by atoms with Crippen LogP contribution in [0.1, 0.15) is 21.5 Å². The van der Waals surface area contributed by atoms with Crippen molar-refractivity contribution in [2.45, 2.75) is 11.8 Å². The fourth-order valence-corrected chi connectivity index (χ4v) is 4.08. The summed E-state index contributed by atoms with van der Waals surface area (Å²) in [5.41, 5.74) is 5.35. The Hall–Kier alpha value is -3.81. The number of pyridine rings is 1. The Morgan fingerprint density at radius 2 is 1.58 bits per heavy atom. The van der Waals surface area contributed by atoms with E-state index in [0.29, 0.717) is 5.70 Å². The maximum absolute atomic E-state index is 12.5. The number of rotatable bonds is 2. The van der Waals surface area contributed by atoms with Crippen LogP contribution >= 0.6 is 0 Å². The molecule has 1 aromatic heterocycles. The second-order valence-electron chi connectivity index (χ2n) is 7.72. The minimum atomic E-state index is -4.27. The molecule has 4 aromatic rings. The van der Waals surface area contributed by atoms with Gasteiger partial charge in [0.2, 0.25) is 11.3 Å². The van der Waals surface area contributed by atoms with Gasteiger partial charge in [-0.25, -0.2) is 13.0 Å². The molecule has 0 radical (unpaired) electrons. The van der Waals surface area contributed by atoms with Gasteiger partial charge in [-0.2, -0.15) is 0 Å². The van der Waals surface area contributed by atoms with Crippen LogP contribution in [0.5, 0.6) is 0 Å². The molecule has 1 aliphatic heterocycles. The highest BCUT2D eigenvalue weighted by atomic mass is 32.2. The maximum atomic E-state index is 12.5. The van der Waals surface area contributed by atoms with E-state index in [1.54, 1.807) is 12.1 Å². The zero-order valence-corrected chi connectivity index (χ0v) is 19.0. The number of carbonyl (C=O) groups excluding carboxylic acids is 1. The van der Waals surface area contributed by atoms with E-state index in [0.717, 1.165) is 33.3 Å². The van der Waals surface area contributed by atoms with E-state index < -0.39 is 10.1 Å². The number of carbonyl (C=O) groups is 1. The predicted octanol–water partition coefficient (Wildman–Crippen LogP) is 4.21. The number of aryl methyl sites for hydroxylation is 2. The Morgan fingerprint density at radius 1 is 0.909 bits per heavy atom. The topological polar surface area (TPSA) is 90.2 Å². The number of benzene rings is 3. The molecule has 2 heterocycles. The van der Waals surface area contributed by atoms with Crippen molar-refractivity contribution in [2.24, 2.45) is 7.05 Å². The van der Waals surface area contributed by atoms with Crippen LogP contribution in [-0.2, 0) is 17.2 Å². The summed E-state index contributed by atoms with van der Waals surface area (Å²) in [5, 5.41) is 4.35. The molecule has 0 spiro atoms. The Labute approximate surface area is 192 Å². The van der Waals surface area contributed by atoms with E-state index >= 15 is 0 Å². The molecule has 6 nitrogen and oxygen atoms in total. The molecule has 0 saturated carbocycles. The summed E-state index contributed by atoms with van der Waals surface area (Å²) < 4.78 is 33.2. The highest BCUT2D eigenvalue weighted by molar-refractivity contribution is 7.85. The molecule has 0 saturated heterocycles. The molecule has 0 atom stereocenters. The molecule has 0 fully saturated rings. The van der Waals surface area contributed by atoms with Crippen LogP contribution in [0.3, 0.4) is 0 Å². The van der Waals surface area contributed by atoms with Crippen molar-refractivity contribution in [3.63, 3.8) is 0 Å². The molecule has 0 amide bonds. The number of anilines is 1. The lowest BCUT2D eigenvalue weighted by Crippen LogP contribution is -2.28. The molecule has 0 unspecified atom stereocenters. The summed E-state index contributed by atoms with van der Waals surface area (Å²) >= 11 is 0. The fraction of sp³-hybridized carbons (Fsp3) is 0.0769. The number of Topliss-reactive ketones (excluding diaryl/α,β-unsaturated/α-hetero) is 1. The van der Waals surface area contributed by atoms with Crippen LogP contribution in [0.15, 0.2) is 95.7 Å². The van der Waals surface area contributed by atoms with E-state index in [2.05, 4.69) is 22.0 Å². The van der Waals surface area contributed by atoms with Gasteiger partial charge in [0.25, 0.3) is 0 Å². The smallest absolute Gasteiger partial charge is 0.212 e. The molecule has 33 heavy (non-hydrogen) atoms. The first kappa shape index (κ1) is 22.4. The SMILES string of the molecule is C[n+]1ccc(C=C2Nc3ccccc3C2=O)c2ccccc21.Cc1ccc(S(=O)(=O)[O-])cc1. The Kier molecular flexibility index (Phi) is 6.09. The zero-order chi connectivity index (χ0) is 23.6. The first-order valence-corrected chi connectivity index (χ1v) is 11.7. The van der Waals surface area contributed by atoms with Gasteiger partial charge in [-0.05, 0) is 48.9 Å². The quantitative estimate of drug-likeness (QED) is 0.276. The van der Waals surface area contributed by atoms with Gasteiger partial charge in [-0.15, -0.1) is 0 Å². The van der Waals surface area contributed by atoms with Crippen molar-refractivity contribution in [1.29, 1.82) is 0 Å². The van der Waals surface area contributed by atoms with Gasteiger partial charge in [-0.1, -0.05) is 42.0 Å². The van der Waals surface area contributed by atoms with Crippen molar-refractivity contribution >= 4 is 38.6 Å². The number of aromatic nitrogens is 1. The van der Waals surface area contributed by atoms with E-state index in [4.69, 9.17) is 0 Å². The lowest BCUT2D eigenvalue weighted by molar-refractivity contribution is -0.644. The van der Waals surface area contributed by atoms with E-state index in [1.165, 1.54) is 12.1 Å². The van der Waals surface area contributed by atoms with Crippen molar-refractivity contribution in [3.05, 3.63) is 107 Å². The normalized spacial score (nSPS) is 13.9. The van der Waals surface area contributed by atoms with Gasteiger partial charge in [0.1, 0.15) is 17.2 Å². The van der Waals surface area contributed by atoms with Crippen LogP contribution in [0.25, 0.3) is 17.0 Å². The van der Waals surface area contributed by atoms with Crippen LogP contribution in [0, 0.1) is 6.92 Å². The van der Waals surface area contributed by atoms with Gasteiger partial charge in [-0.3, -0.25) is 4.79 Å². The molecule has 1 N–H and O–H groups in total. The molecule has 3 aromatic carbocycles. The van der Waals surface area contributed by atoms with Crippen LogP contribution in [-0.4, -0.2) is 18.8 Å². The number of fused-ring (bicyclic) bond motifs is 2. The molecule has 166 valence electrons. The predicted molar refractivity (Wildman–Crippen MR) is 127 cm³/mol. The fourth-order valence-electron chi connectivity index (χ4n) is 3.61.